The first-order chi connectivity index (χ1) is 11.1. The Kier molecular flexibility index (Phi) is 4.04. The van der Waals surface area contributed by atoms with E-state index in [0.717, 1.165) is 6.26 Å². The first-order valence-electron chi connectivity index (χ1n) is 6.45. The third kappa shape index (κ3) is 3.54. The maximum Gasteiger partial charge on any atom is 0.446 e. The summed E-state index contributed by atoms with van der Waals surface area (Å²) < 4.78 is 66.4. The normalized spacial score (nSPS) is 12.7. The van der Waals surface area contributed by atoms with Crippen LogP contribution >= 0.6 is 11.8 Å². The third-order valence-electron chi connectivity index (χ3n) is 2.97. The van der Waals surface area contributed by atoms with Gasteiger partial charge in [0.15, 0.2) is 15.4 Å². The Labute approximate surface area is 138 Å². The fourth-order valence-electron chi connectivity index (χ4n) is 2.06. The molecule has 0 fully saturated rings. The number of fused-ring (bicyclic) bond motifs is 1. The number of alkyl halides is 3. The molecule has 0 aliphatic rings. The minimum Gasteiger partial charge on any atom is -0.435 e. The van der Waals surface area contributed by atoms with Crippen LogP contribution in [0.1, 0.15) is 0 Å². The summed E-state index contributed by atoms with van der Waals surface area (Å²) in [5.74, 6) is -0.0693. The van der Waals surface area contributed by atoms with Gasteiger partial charge in [-0.15, -0.1) is 0 Å². The Hall–Kier alpha value is -2.07. The van der Waals surface area contributed by atoms with Gasteiger partial charge >= 0.3 is 5.51 Å². The van der Waals surface area contributed by atoms with Crippen molar-refractivity contribution < 1.29 is 26.0 Å². The largest absolute Gasteiger partial charge is 0.446 e. The van der Waals surface area contributed by atoms with Gasteiger partial charge in [0.1, 0.15) is 11.2 Å². The van der Waals surface area contributed by atoms with Crippen molar-refractivity contribution >= 4 is 32.7 Å². The molecular weight excluding hydrogens is 365 g/mol. The zero-order chi connectivity index (χ0) is 17.5. The number of sulfone groups is 1. The maximum absolute atomic E-state index is 12.4. The monoisotopic (exact) mass is 374 g/mol. The Morgan fingerprint density at radius 2 is 1.96 bits per heavy atom. The summed E-state index contributed by atoms with van der Waals surface area (Å²) in [6.07, 6.45) is 2.40. The Morgan fingerprint density at radius 1 is 1.21 bits per heavy atom. The van der Waals surface area contributed by atoms with E-state index >= 15 is 0 Å². The minimum absolute atomic E-state index is 0.0150. The Morgan fingerprint density at radius 3 is 2.62 bits per heavy atom. The molecule has 0 N–H and O–H groups in total. The smallest absolute Gasteiger partial charge is 0.435 e. The molecule has 1 aromatic carbocycles. The van der Waals surface area contributed by atoms with Crippen molar-refractivity contribution in [3.05, 3.63) is 36.5 Å². The summed E-state index contributed by atoms with van der Waals surface area (Å²) in [4.78, 5) is 7.93. The molecule has 3 rings (SSSR count). The van der Waals surface area contributed by atoms with E-state index in [1.807, 2.05) is 0 Å². The number of thioether (sulfide) groups is 1. The average molecular weight is 374 g/mol. The van der Waals surface area contributed by atoms with Crippen LogP contribution < -0.4 is 0 Å². The van der Waals surface area contributed by atoms with Crippen LogP contribution in [0, 0.1) is 0 Å². The highest BCUT2D eigenvalue weighted by molar-refractivity contribution is 8.00. The SMILES string of the molecule is CS(=O)(=O)c1cccnc1-c1nc2cc(SC(F)(F)F)ccc2o1. The standard InChI is InChI=1S/C14H9F3N2O3S2/c1-24(20,21)11-3-2-6-18-12(11)13-19-9-7-8(23-14(15,16)17)4-5-10(9)22-13/h2-7H,1H3. The van der Waals surface area contributed by atoms with Crippen molar-refractivity contribution in [2.75, 3.05) is 6.26 Å². The van der Waals surface area contributed by atoms with E-state index in [4.69, 9.17) is 4.42 Å². The fourth-order valence-corrected chi connectivity index (χ4v) is 3.45. The van der Waals surface area contributed by atoms with Gasteiger partial charge in [-0.05, 0) is 42.1 Å². The molecule has 3 aromatic rings. The lowest BCUT2D eigenvalue weighted by molar-refractivity contribution is -0.0328. The van der Waals surface area contributed by atoms with Gasteiger partial charge in [-0.25, -0.2) is 18.4 Å². The van der Waals surface area contributed by atoms with Crippen LogP contribution in [-0.2, 0) is 9.84 Å². The summed E-state index contributed by atoms with van der Waals surface area (Å²) >= 11 is -0.265. The van der Waals surface area contributed by atoms with E-state index in [1.165, 1.54) is 36.5 Å². The van der Waals surface area contributed by atoms with E-state index < -0.39 is 15.3 Å². The van der Waals surface area contributed by atoms with Crippen LogP contribution in [0.3, 0.4) is 0 Å². The summed E-state index contributed by atoms with van der Waals surface area (Å²) in [5.41, 5.74) is -3.97. The number of oxazole rings is 1. The molecule has 0 bridgehead atoms. The lowest BCUT2D eigenvalue weighted by Crippen LogP contribution is -2.01. The quantitative estimate of drug-likeness (QED) is 0.648. The fraction of sp³-hybridized carbons (Fsp3) is 0.143. The average Bonchev–Trinajstić information content (AvgIpc) is 2.87. The first kappa shape index (κ1) is 16.8. The maximum atomic E-state index is 12.4. The van der Waals surface area contributed by atoms with E-state index in [2.05, 4.69) is 9.97 Å². The number of hydrogen-bond acceptors (Lipinski definition) is 6. The van der Waals surface area contributed by atoms with Gasteiger partial charge in [0, 0.05) is 17.3 Å². The molecule has 0 radical (unpaired) electrons. The highest BCUT2D eigenvalue weighted by Gasteiger charge is 2.29. The van der Waals surface area contributed by atoms with Gasteiger partial charge in [-0.3, -0.25) is 0 Å². The molecule has 0 saturated heterocycles. The molecule has 0 aliphatic heterocycles. The molecule has 0 amide bonds. The lowest BCUT2D eigenvalue weighted by atomic mass is 10.3. The molecule has 0 atom stereocenters. The van der Waals surface area contributed by atoms with Crippen molar-refractivity contribution in [3.8, 4) is 11.6 Å². The number of aromatic nitrogens is 2. The summed E-state index contributed by atoms with van der Waals surface area (Å²) in [5, 5.41) is 0. The summed E-state index contributed by atoms with van der Waals surface area (Å²) in [6, 6.07) is 6.65. The molecular formula is C14H9F3N2O3S2. The van der Waals surface area contributed by atoms with E-state index in [-0.39, 0.29) is 44.2 Å². The Balaban J connectivity index is 2.10. The highest BCUT2D eigenvalue weighted by Crippen LogP contribution is 2.38. The second kappa shape index (κ2) is 5.78. The van der Waals surface area contributed by atoms with Gasteiger partial charge < -0.3 is 4.42 Å². The van der Waals surface area contributed by atoms with Crippen LogP contribution in [0.25, 0.3) is 22.7 Å². The van der Waals surface area contributed by atoms with Crippen LogP contribution in [0.15, 0.2) is 50.7 Å². The second-order valence-corrected chi connectivity index (χ2v) is 7.94. The van der Waals surface area contributed by atoms with Crippen molar-refractivity contribution in [3.63, 3.8) is 0 Å². The highest BCUT2D eigenvalue weighted by atomic mass is 32.2. The lowest BCUT2D eigenvalue weighted by Gasteiger charge is -2.04. The molecule has 2 heterocycles. The van der Waals surface area contributed by atoms with E-state index in [0.29, 0.717) is 0 Å². The van der Waals surface area contributed by atoms with Crippen molar-refractivity contribution in [1.29, 1.82) is 0 Å². The number of hydrogen-bond donors (Lipinski definition) is 0. The van der Waals surface area contributed by atoms with Gasteiger partial charge in [0.25, 0.3) is 0 Å². The topological polar surface area (TPSA) is 73.1 Å². The molecule has 0 saturated carbocycles. The predicted molar refractivity (Wildman–Crippen MR) is 82.3 cm³/mol. The molecule has 126 valence electrons. The van der Waals surface area contributed by atoms with E-state index in [9.17, 15) is 21.6 Å². The predicted octanol–water partition coefficient (Wildman–Crippen LogP) is 3.91. The minimum atomic E-state index is -4.41. The van der Waals surface area contributed by atoms with Crippen molar-refractivity contribution in [2.45, 2.75) is 15.3 Å². The zero-order valence-corrected chi connectivity index (χ0v) is 13.7. The van der Waals surface area contributed by atoms with Crippen LogP contribution in [-0.4, -0.2) is 30.1 Å². The second-order valence-electron chi connectivity index (χ2n) is 4.82. The van der Waals surface area contributed by atoms with Gasteiger partial charge in [-0.1, -0.05) is 0 Å². The molecule has 5 nitrogen and oxygen atoms in total. The number of nitrogens with zero attached hydrogens (tertiary/aromatic N) is 2. The Bertz CT molecular complexity index is 1010. The van der Waals surface area contributed by atoms with Crippen LogP contribution in [0.2, 0.25) is 0 Å². The molecule has 0 spiro atoms. The third-order valence-corrected chi connectivity index (χ3v) is 4.81. The molecule has 10 heteroatoms. The van der Waals surface area contributed by atoms with Crippen LogP contribution in [0.4, 0.5) is 13.2 Å². The number of rotatable bonds is 3. The van der Waals surface area contributed by atoms with Crippen LogP contribution in [0.5, 0.6) is 0 Å². The summed E-state index contributed by atoms with van der Waals surface area (Å²) in [7, 11) is -3.57. The van der Waals surface area contributed by atoms with Crippen molar-refractivity contribution in [1.82, 2.24) is 9.97 Å². The number of halogens is 3. The molecule has 2 aromatic heterocycles. The van der Waals surface area contributed by atoms with Gasteiger partial charge in [0.2, 0.25) is 5.89 Å². The van der Waals surface area contributed by atoms with Gasteiger partial charge in [0.05, 0.1) is 4.90 Å². The molecule has 0 unspecified atom stereocenters. The number of benzene rings is 1. The number of pyridine rings is 1. The van der Waals surface area contributed by atoms with Crippen molar-refractivity contribution in [2.24, 2.45) is 0 Å². The zero-order valence-electron chi connectivity index (χ0n) is 12.0. The molecule has 24 heavy (non-hydrogen) atoms. The van der Waals surface area contributed by atoms with Gasteiger partial charge in [-0.2, -0.15) is 13.2 Å². The first-order valence-corrected chi connectivity index (χ1v) is 9.16. The summed E-state index contributed by atoms with van der Waals surface area (Å²) in [6.45, 7) is 0. The van der Waals surface area contributed by atoms with E-state index in [1.54, 1.807) is 0 Å². The molecule has 0 aliphatic carbocycles.